The van der Waals surface area contributed by atoms with E-state index in [1.165, 1.54) is 0 Å². The van der Waals surface area contributed by atoms with Gasteiger partial charge in [0.25, 0.3) is 0 Å². The summed E-state index contributed by atoms with van der Waals surface area (Å²) in [6.45, 7) is 6.20. The Morgan fingerprint density at radius 2 is 2.22 bits per heavy atom. The van der Waals surface area contributed by atoms with Gasteiger partial charge < -0.3 is 10.2 Å². The lowest BCUT2D eigenvalue weighted by molar-refractivity contribution is 0.471. The summed E-state index contributed by atoms with van der Waals surface area (Å²) < 4.78 is 1.75. The van der Waals surface area contributed by atoms with Gasteiger partial charge in [-0.25, -0.2) is 19.6 Å². The number of hydrogen-bond acceptors (Lipinski definition) is 5. The first kappa shape index (κ1) is 21.3. The standard InChI is InChI=1S/C18H23N7S.HI/c1-4-19-18(24(3)12-16-13-26-14(2)23-16)21-11-15-6-8-20-17(10-15)25-9-5-7-22-25;/h5-10,13H,4,11-12H2,1-3H3,(H,19,21);1H. The smallest absolute Gasteiger partial charge is 0.194 e. The zero-order chi connectivity index (χ0) is 18.4. The maximum atomic E-state index is 4.76. The molecule has 7 nitrogen and oxygen atoms in total. The van der Waals surface area contributed by atoms with Gasteiger partial charge in [-0.15, -0.1) is 35.3 Å². The highest BCUT2D eigenvalue weighted by molar-refractivity contribution is 14.0. The fourth-order valence-electron chi connectivity index (χ4n) is 2.52. The third-order valence-electron chi connectivity index (χ3n) is 3.72. The Bertz CT molecular complexity index is 860. The number of guanidine groups is 1. The second kappa shape index (κ2) is 10.4. The fourth-order valence-corrected chi connectivity index (χ4v) is 3.13. The van der Waals surface area contributed by atoms with E-state index in [1.54, 1.807) is 28.4 Å². The van der Waals surface area contributed by atoms with E-state index < -0.39 is 0 Å². The van der Waals surface area contributed by atoms with E-state index in [9.17, 15) is 0 Å². The monoisotopic (exact) mass is 497 g/mol. The number of aromatic nitrogens is 4. The van der Waals surface area contributed by atoms with Crippen LogP contribution in [-0.4, -0.2) is 44.2 Å². The molecule has 3 heterocycles. The molecule has 0 atom stereocenters. The van der Waals surface area contributed by atoms with Gasteiger partial charge in [-0.3, -0.25) is 0 Å². The van der Waals surface area contributed by atoms with E-state index >= 15 is 0 Å². The van der Waals surface area contributed by atoms with Crippen molar-refractivity contribution in [3.63, 3.8) is 0 Å². The highest BCUT2D eigenvalue weighted by atomic mass is 127. The lowest BCUT2D eigenvalue weighted by Gasteiger charge is -2.21. The number of nitrogens with zero attached hydrogens (tertiary/aromatic N) is 6. The first-order valence-electron chi connectivity index (χ1n) is 8.51. The summed E-state index contributed by atoms with van der Waals surface area (Å²) in [5.74, 6) is 1.65. The lowest BCUT2D eigenvalue weighted by Crippen LogP contribution is -2.38. The van der Waals surface area contributed by atoms with Crippen LogP contribution in [0.1, 0.15) is 23.2 Å². The third kappa shape index (κ3) is 5.99. The molecule has 3 aromatic rings. The van der Waals surface area contributed by atoms with E-state index in [4.69, 9.17) is 4.99 Å². The number of thiazole rings is 1. The summed E-state index contributed by atoms with van der Waals surface area (Å²) in [6.07, 6.45) is 5.41. The van der Waals surface area contributed by atoms with E-state index in [2.05, 4.69) is 37.6 Å². The minimum Gasteiger partial charge on any atom is -0.357 e. The van der Waals surface area contributed by atoms with Gasteiger partial charge in [0.2, 0.25) is 0 Å². The number of halogens is 1. The maximum Gasteiger partial charge on any atom is 0.194 e. The van der Waals surface area contributed by atoms with Crippen LogP contribution in [-0.2, 0) is 13.1 Å². The number of aryl methyl sites for hydroxylation is 1. The van der Waals surface area contributed by atoms with Gasteiger partial charge in [0, 0.05) is 37.6 Å². The van der Waals surface area contributed by atoms with Gasteiger partial charge >= 0.3 is 0 Å². The van der Waals surface area contributed by atoms with Gasteiger partial charge in [0.1, 0.15) is 0 Å². The quantitative estimate of drug-likeness (QED) is 0.322. The van der Waals surface area contributed by atoms with Crippen LogP contribution in [0.5, 0.6) is 0 Å². The molecule has 0 saturated heterocycles. The summed E-state index contributed by atoms with van der Waals surface area (Å²) >= 11 is 1.67. The van der Waals surface area contributed by atoms with E-state index in [0.717, 1.165) is 41.1 Å². The van der Waals surface area contributed by atoms with Crippen molar-refractivity contribution < 1.29 is 0 Å². The number of rotatable bonds is 6. The third-order valence-corrected chi connectivity index (χ3v) is 4.54. The zero-order valence-electron chi connectivity index (χ0n) is 15.7. The summed E-state index contributed by atoms with van der Waals surface area (Å²) in [7, 11) is 2.03. The number of nitrogens with one attached hydrogen (secondary N) is 1. The zero-order valence-corrected chi connectivity index (χ0v) is 18.8. The molecule has 0 saturated carbocycles. The summed E-state index contributed by atoms with van der Waals surface area (Å²) in [5, 5.41) is 10.7. The summed E-state index contributed by atoms with van der Waals surface area (Å²) in [6, 6.07) is 5.86. The fraction of sp³-hybridized carbons (Fsp3) is 0.333. The molecule has 3 aromatic heterocycles. The van der Waals surface area contributed by atoms with E-state index in [-0.39, 0.29) is 24.0 Å². The molecule has 0 aliphatic carbocycles. The minimum atomic E-state index is 0. The van der Waals surface area contributed by atoms with Crippen molar-refractivity contribution in [3.05, 3.63) is 58.4 Å². The molecule has 0 unspecified atom stereocenters. The molecule has 27 heavy (non-hydrogen) atoms. The van der Waals surface area contributed by atoms with Crippen LogP contribution >= 0.6 is 35.3 Å². The van der Waals surface area contributed by atoms with Crippen LogP contribution < -0.4 is 5.32 Å². The predicted molar refractivity (Wildman–Crippen MR) is 120 cm³/mol. The Morgan fingerprint density at radius 3 is 2.89 bits per heavy atom. The lowest BCUT2D eigenvalue weighted by atomic mass is 10.2. The largest absolute Gasteiger partial charge is 0.357 e. The predicted octanol–water partition coefficient (Wildman–Crippen LogP) is 3.25. The molecule has 1 N–H and O–H groups in total. The normalized spacial score (nSPS) is 11.1. The number of aliphatic imine (C=N–C) groups is 1. The van der Waals surface area contributed by atoms with Gasteiger partial charge in [-0.05, 0) is 37.6 Å². The molecular formula is C18H24IN7S. The molecule has 144 valence electrons. The molecule has 0 radical (unpaired) electrons. The molecule has 0 amide bonds. The van der Waals surface area contributed by atoms with E-state index in [1.807, 2.05) is 38.4 Å². The van der Waals surface area contributed by atoms with Crippen LogP contribution in [0.15, 0.2) is 47.2 Å². The van der Waals surface area contributed by atoms with Crippen LogP contribution in [0.25, 0.3) is 5.82 Å². The molecule has 0 bridgehead atoms. The van der Waals surface area contributed by atoms with Crippen LogP contribution in [0, 0.1) is 6.92 Å². The highest BCUT2D eigenvalue weighted by Crippen LogP contribution is 2.11. The highest BCUT2D eigenvalue weighted by Gasteiger charge is 2.09. The molecule has 0 aliphatic rings. The number of hydrogen-bond donors (Lipinski definition) is 1. The minimum absolute atomic E-state index is 0. The topological polar surface area (TPSA) is 71.2 Å². The molecule has 0 aliphatic heterocycles. The summed E-state index contributed by atoms with van der Waals surface area (Å²) in [4.78, 5) is 15.7. The van der Waals surface area contributed by atoms with Crippen molar-refractivity contribution in [1.29, 1.82) is 0 Å². The van der Waals surface area contributed by atoms with Crippen LogP contribution in [0.3, 0.4) is 0 Å². The van der Waals surface area contributed by atoms with Crippen molar-refractivity contribution in [2.45, 2.75) is 26.9 Å². The molecule has 0 spiro atoms. The van der Waals surface area contributed by atoms with Crippen molar-refractivity contribution in [1.82, 2.24) is 30.0 Å². The summed E-state index contributed by atoms with van der Waals surface area (Å²) in [5.41, 5.74) is 2.14. The molecular weight excluding hydrogens is 473 g/mol. The van der Waals surface area contributed by atoms with Crippen molar-refractivity contribution >= 4 is 41.3 Å². The first-order chi connectivity index (χ1) is 12.7. The molecule has 9 heteroatoms. The maximum absolute atomic E-state index is 4.76. The average Bonchev–Trinajstić information content (AvgIpc) is 3.31. The van der Waals surface area contributed by atoms with Gasteiger partial charge in [-0.2, -0.15) is 5.10 Å². The number of pyridine rings is 1. The Hall–Kier alpha value is -2.01. The van der Waals surface area contributed by atoms with Crippen LogP contribution in [0.2, 0.25) is 0 Å². The van der Waals surface area contributed by atoms with Gasteiger partial charge in [-0.1, -0.05) is 0 Å². The SMILES string of the molecule is CCNC(=NCc1ccnc(-n2cccn2)c1)N(C)Cc1csc(C)n1.I. The van der Waals surface area contributed by atoms with Crippen molar-refractivity contribution in [2.24, 2.45) is 4.99 Å². The van der Waals surface area contributed by atoms with Crippen LogP contribution in [0.4, 0.5) is 0 Å². The molecule has 3 rings (SSSR count). The molecule has 0 aromatic carbocycles. The Morgan fingerprint density at radius 1 is 1.37 bits per heavy atom. The second-order valence-electron chi connectivity index (χ2n) is 5.86. The Balaban J connectivity index is 0.00000261. The molecule has 0 fully saturated rings. The van der Waals surface area contributed by atoms with E-state index in [0.29, 0.717) is 6.54 Å². The second-order valence-corrected chi connectivity index (χ2v) is 6.92. The first-order valence-corrected chi connectivity index (χ1v) is 9.39. The Kier molecular flexibility index (Phi) is 8.17. The van der Waals surface area contributed by atoms with Crippen molar-refractivity contribution in [3.8, 4) is 5.82 Å². The Labute approximate surface area is 180 Å². The van der Waals surface area contributed by atoms with Crippen molar-refractivity contribution in [2.75, 3.05) is 13.6 Å². The van der Waals surface area contributed by atoms with Gasteiger partial charge in [0.15, 0.2) is 11.8 Å². The average molecular weight is 497 g/mol. The van der Waals surface area contributed by atoms with Gasteiger partial charge in [0.05, 0.1) is 23.8 Å².